The van der Waals surface area contributed by atoms with Crippen molar-refractivity contribution >= 4 is 38.9 Å². The summed E-state index contributed by atoms with van der Waals surface area (Å²) in [7, 11) is 0. The second-order valence-corrected chi connectivity index (χ2v) is 3.85. The third kappa shape index (κ3) is 2.90. The summed E-state index contributed by atoms with van der Waals surface area (Å²) in [6.07, 6.45) is 3.24. The van der Waals surface area contributed by atoms with Crippen LogP contribution in [-0.4, -0.2) is 11.5 Å². The molecule has 0 aliphatic heterocycles. The van der Waals surface area contributed by atoms with Crippen molar-refractivity contribution < 1.29 is 0 Å². The molecule has 0 amide bonds. The molecule has 70 valence electrons. The highest BCUT2D eigenvalue weighted by atomic mass is 79.9. The number of nitrogens with two attached hydrogens (primary N) is 1. The summed E-state index contributed by atoms with van der Waals surface area (Å²) < 4.78 is 0.811. The number of halogens is 2. The maximum atomic E-state index is 5.68. The van der Waals surface area contributed by atoms with Gasteiger partial charge in [-0.2, -0.15) is 0 Å². The molecule has 0 radical (unpaired) electrons. The van der Waals surface area contributed by atoms with Crippen LogP contribution in [0.1, 0.15) is 0 Å². The molecule has 1 heterocycles. The summed E-state index contributed by atoms with van der Waals surface area (Å²) in [6.45, 7) is 4.04. The van der Waals surface area contributed by atoms with Crippen molar-refractivity contribution in [1.29, 1.82) is 0 Å². The minimum absolute atomic E-state index is 0.481. The highest BCUT2D eigenvalue weighted by Gasteiger charge is 2.03. The molecule has 0 saturated heterocycles. The van der Waals surface area contributed by atoms with E-state index >= 15 is 0 Å². The molecule has 0 aromatic carbocycles. The smallest absolute Gasteiger partial charge is 0.0752 e. The Balaban J connectivity index is 2.81. The van der Waals surface area contributed by atoms with Crippen LogP contribution in [0.2, 0.25) is 0 Å². The summed E-state index contributed by atoms with van der Waals surface area (Å²) in [5, 5.41) is 3.57. The number of nitrogen functional groups attached to an aromatic ring is 1. The highest BCUT2D eigenvalue weighted by molar-refractivity contribution is 9.10. The Morgan fingerprint density at radius 3 is 2.92 bits per heavy atom. The molecule has 0 spiro atoms. The zero-order valence-electron chi connectivity index (χ0n) is 6.85. The number of rotatable bonds is 3. The predicted molar refractivity (Wildman–Crippen MR) is 59.8 cm³/mol. The van der Waals surface area contributed by atoms with Crippen LogP contribution in [-0.2, 0) is 0 Å². The fraction of sp³-hybridized carbons (Fsp3) is 0.125. The van der Waals surface area contributed by atoms with Crippen LogP contribution in [0.15, 0.2) is 28.5 Å². The van der Waals surface area contributed by atoms with Gasteiger partial charge in [-0.15, -0.1) is 0 Å². The molecular formula is C8H9BrClN3. The van der Waals surface area contributed by atoms with Gasteiger partial charge < -0.3 is 11.1 Å². The van der Waals surface area contributed by atoms with E-state index in [1.165, 1.54) is 0 Å². The van der Waals surface area contributed by atoms with Crippen LogP contribution in [0.5, 0.6) is 0 Å². The topological polar surface area (TPSA) is 50.9 Å². The van der Waals surface area contributed by atoms with Gasteiger partial charge in [0.1, 0.15) is 0 Å². The van der Waals surface area contributed by atoms with Gasteiger partial charge in [0.15, 0.2) is 0 Å². The van der Waals surface area contributed by atoms with E-state index in [0.29, 0.717) is 17.3 Å². The molecule has 0 atom stereocenters. The third-order valence-corrected chi connectivity index (χ3v) is 2.12. The Kier molecular flexibility index (Phi) is 3.57. The lowest BCUT2D eigenvalue weighted by Gasteiger charge is -2.09. The average molecular weight is 263 g/mol. The van der Waals surface area contributed by atoms with Gasteiger partial charge in [-0.25, -0.2) is 0 Å². The van der Waals surface area contributed by atoms with E-state index in [0.717, 1.165) is 10.2 Å². The second kappa shape index (κ2) is 4.48. The summed E-state index contributed by atoms with van der Waals surface area (Å²) in [5.41, 5.74) is 7.04. The zero-order valence-corrected chi connectivity index (χ0v) is 9.19. The molecule has 0 saturated carbocycles. The normalized spacial score (nSPS) is 9.69. The molecule has 5 heteroatoms. The van der Waals surface area contributed by atoms with Crippen molar-refractivity contribution in [2.24, 2.45) is 0 Å². The van der Waals surface area contributed by atoms with Gasteiger partial charge in [-0.3, -0.25) is 4.98 Å². The summed E-state index contributed by atoms with van der Waals surface area (Å²) in [6, 6.07) is 0. The van der Waals surface area contributed by atoms with Gasteiger partial charge in [0.2, 0.25) is 0 Å². The number of hydrogen-bond donors (Lipinski definition) is 2. The number of aromatic nitrogens is 1. The number of pyridine rings is 1. The number of nitrogens with zero attached hydrogens (tertiary/aromatic N) is 1. The molecule has 0 aliphatic carbocycles. The highest BCUT2D eigenvalue weighted by Crippen LogP contribution is 2.27. The van der Waals surface area contributed by atoms with Gasteiger partial charge in [0.25, 0.3) is 0 Å². The lowest BCUT2D eigenvalue weighted by Crippen LogP contribution is -2.04. The maximum absolute atomic E-state index is 5.68. The van der Waals surface area contributed by atoms with Gasteiger partial charge in [-0.05, 0) is 15.9 Å². The molecule has 0 aliphatic rings. The van der Waals surface area contributed by atoms with Crippen LogP contribution in [0.3, 0.4) is 0 Å². The van der Waals surface area contributed by atoms with E-state index in [2.05, 4.69) is 32.8 Å². The molecule has 1 aromatic rings. The number of anilines is 2. The van der Waals surface area contributed by atoms with Crippen LogP contribution >= 0.6 is 27.5 Å². The fourth-order valence-corrected chi connectivity index (χ4v) is 1.37. The monoisotopic (exact) mass is 261 g/mol. The molecule has 1 rings (SSSR count). The molecule has 1 aromatic heterocycles. The van der Waals surface area contributed by atoms with E-state index in [1.807, 2.05) is 0 Å². The number of nitrogens with one attached hydrogen (secondary N) is 1. The van der Waals surface area contributed by atoms with E-state index in [9.17, 15) is 0 Å². The van der Waals surface area contributed by atoms with Gasteiger partial charge in [-0.1, -0.05) is 18.2 Å². The fourth-order valence-electron chi connectivity index (χ4n) is 0.821. The first-order valence-corrected chi connectivity index (χ1v) is 4.74. The van der Waals surface area contributed by atoms with Crippen molar-refractivity contribution in [1.82, 2.24) is 4.98 Å². The molecule has 0 bridgehead atoms. The van der Waals surface area contributed by atoms with E-state index in [4.69, 9.17) is 17.3 Å². The second-order valence-electron chi connectivity index (χ2n) is 2.46. The Bertz CT molecular complexity index is 307. The molecule has 0 unspecified atom stereocenters. The first kappa shape index (κ1) is 10.3. The minimum atomic E-state index is 0.481. The van der Waals surface area contributed by atoms with Crippen molar-refractivity contribution in [3.8, 4) is 0 Å². The number of hydrogen-bond acceptors (Lipinski definition) is 3. The van der Waals surface area contributed by atoms with Gasteiger partial charge in [0.05, 0.1) is 28.6 Å². The Morgan fingerprint density at radius 2 is 2.38 bits per heavy atom. The Labute approximate surface area is 90.1 Å². The first-order chi connectivity index (χ1) is 6.11. The molecule has 13 heavy (non-hydrogen) atoms. The molecular weight excluding hydrogens is 253 g/mol. The van der Waals surface area contributed by atoms with E-state index < -0.39 is 0 Å². The van der Waals surface area contributed by atoms with Crippen molar-refractivity contribution in [2.45, 2.75) is 0 Å². The third-order valence-electron chi connectivity index (χ3n) is 1.39. The quantitative estimate of drug-likeness (QED) is 0.880. The van der Waals surface area contributed by atoms with Crippen LogP contribution in [0, 0.1) is 0 Å². The van der Waals surface area contributed by atoms with Gasteiger partial charge >= 0.3 is 0 Å². The maximum Gasteiger partial charge on any atom is 0.0752 e. The summed E-state index contributed by atoms with van der Waals surface area (Å²) in [5.74, 6) is 0. The standard InChI is InChI=1S/C8H9BrClN3/c1-5(10)2-13-8-6(9)3-12-4-7(8)11/h3-4H,1-2,11H2,(H,12,13). The van der Waals surface area contributed by atoms with Crippen LogP contribution in [0.25, 0.3) is 0 Å². The molecule has 3 nitrogen and oxygen atoms in total. The molecule has 3 N–H and O–H groups in total. The van der Waals surface area contributed by atoms with Crippen molar-refractivity contribution in [2.75, 3.05) is 17.6 Å². The molecule has 0 fully saturated rings. The van der Waals surface area contributed by atoms with Crippen LogP contribution in [0.4, 0.5) is 11.4 Å². The van der Waals surface area contributed by atoms with Crippen molar-refractivity contribution in [3.05, 3.63) is 28.5 Å². The Hall–Kier alpha value is -0.740. The van der Waals surface area contributed by atoms with Gasteiger partial charge in [0, 0.05) is 11.2 Å². The lowest BCUT2D eigenvalue weighted by atomic mass is 10.3. The average Bonchev–Trinajstić information content (AvgIpc) is 2.03. The minimum Gasteiger partial charge on any atom is -0.396 e. The Morgan fingerprint density at radius 1 is 1.69 bits per heavy atom. The predicted octanol–water partition coefficient (Wildman–Crippen LogP) is 2.59. The van der Waals surface area contributed by atoms with E-state index in [-0.39, 0.29) is 0 Å². The largest absolute Gasteiger partial charge is 0.396 e. The SMILES string of the molecule is C=C(Cl)CNc1c(N)cncc1Br. The summed E-state index contributed by atoms with van der Waals surface area (Å²) in [4.78, 5) is 3.90. The first-order valence-electron chi connectivity index (χ1n) is 3.57. The van der Waals surface area contributed by atoms with E-state index in [1.54, 1.807) is 12.4 Å². The van der Waals surface area contributed by atoms with Crippen molar-refractivity contribution in [3.63, 3.8) is 0 Å². The summed E-state index contributed by atoms with van der Waals surface area (Å²) >= 11 is 8.92. The zero-order chi connectivity index (χ0) is 9.84. The van der Waals surface area contributed by atoms with Crippen LogP contribution < -0.4 is 11.1 Å². The lowest BCUT2D eigenvalue weighted by molar-refractivity contribution is 1.26.